The number of hydrogen-bond acceptors (Lipinski definition) is 2. The van der Waals surface area contributed by atoms with Crippen molar-refractivity contribution >= 4 is 0 Å². The zero-order valence-corrected chi connectivity index (χ0v) is 5.63. The highest BCUT2D eigenvalue weighted by Gasteiger charge is 2.12. The molecule has 0 atom stereocenters. The third-order valence-electron chi connectivity index (χ3n) is 1.45. The number of ether oxygens (including phenoxy) is 2. The minimum absolute atomic E-state index is 0.797. The molecule has 0 aliphatic carbocycles. The molecule has 0 N–H and O–H groups in total. The molecular formula is C8H7O2. The van der Waals surface area contributed by atoms with Crippen LogP contribution in [0, 0.1) is 13.7 Å². The third-order valence-corrected chi connectivity index (χ3v) is 1.45. The summed E-state index contributed by atoms with van der Waals surface area (Å²) in [4.78, 5) is 0. The summed E-state index contributed by atoms with van der Waals surface area (Å²) in [5.41, 5.74) is 1.18. The summed E-state index contributed by atoms with van der Waals surface area (Å²) in [6.45, 7) is 3.35. The van der Waals surface area contributed by atoms with Crippen LogP contribution in [0.1, 0.15) is 5.56 Å². The first-order valence-corrected chi connectivity index (χ1v) is 3.12. The van der Waals surface area contributed by atoms with Gasteiger partial charge < -0.3 is 9.47 Å². The maximum atomic E-state index is 5.03. The first-order chi connectivity index (χ1) is 4.86. The van der Waals surface area contributed by atoms with Crippen molar-refractivity contribution in [3.05, 3.63) is 30.6 Å². The van der Waals surface area contributed by atoms with Crippen molar-refractivity contribution in [2.75, 3.05) is 0 Å². The summed E-state index contributed by atoms with van der Waals surface area (Å²) in [5.74, 6) is 1.60. The van der Waals surface area contributed by atoms with Gasteiger partial charge >= 0.3 is 6.79 Å². The van der Waals surface area contributed by atoms with Crippen molar-refractivity contribution in [2.24, 2.45) is 0 Å². The van der Waals surface area contributed by atoms with Gasteiger partial charge in [0.15, 0.2) is 11.5 Å². The Morgan fingerprint density at radius 2 is 1.90 bits per heavy atom. The van der Waals surface area contributed by atoms with Crippen LogP contribution in [-0.2, 0) is 0 Å². The Morgan fingerprint density at radius 1 is 1.10 bits per heavy atom. The van der Waals surface area contributed by atoms with Gasteiger partial charge in [0.05, 0.1) is 0 Å². The van der Waals surface area contributed by atoms with Gasteiger partial charge in [0, 0.05) is 0 Å². The summed E-state index contributed by atoms with van der Waals surface area (Å²) >= 11 is 0. The molecule has 2 heteroatoms. The fourth-order valence-electron chi connectivity index (χ4n) is 0.932. The van der Waals surface area contributed by atoms with E-state index < -0.39 is 0 Å². The highest BCUT2D eigenvalue weighted by atomic mass is 16.7. The Hall–Kier alpha value is -1.18. The first kappa shape index (κ1) is 5.59. The quantitative estimate of drug-likeness (QED) is 0.540. The topological polar surface area (TPSA) is 18.5 Å². The number of rotatable bonds is 0. The van der Waals surface area contributed by atoms with Crippen LogP contribution < -0.4 is 9.47 Å². The molecule has 10 heavy (non-hydrogen) atoms. The summed E-state index contributed by atoms with van der Waals surface area (Å²) in [7, 11) is 0. The molecule has 0 bridgehead atoms. The lowest BCUT2D eigenvalue weighted by Gasteiger charge is -1.94. The third kappa shape index (κ3) is 0.727. The predicted octanol–water partition coefficient (Wildman–Crippen LogP) is 1.89. The van der Waals surface area contributed by atoms with E-state index in [1.807, 2.05) is 25.1 Å². The maximum Gasteiger partial charge on any atom is 0.316 e. The second kappa shape index (κ2) is 1.90. The van der Waals surface area contributed by atoms with Gasteiger partial charge in [-0.05, 0) is 24.6 Å². The second-order valence-electron chi connectivity index (χ2n) is 2.28. The zero-order valence-electron chi connectivity index (χ0n) is 5.63. The largest absolute Gasteiger partial charge is 0.444 e. The van der Waals surface area contributed by atoms with Crippen molar-refractivity contribution in [2.45, 2.75) is 6.92 Å². The average molecular weight is 135 g/mol. The highest BCUT2D eigenvalue weighted by Crippen LogP contribution is 2.33. The monoisotopic (exact) mass is 135 g/mol. The molecule has 0 unspecified atom stereocenters. The van der Waals surface area contributed by atoms with Crippen LogP contribution in [-0.4, -0.2) is 0 Å². The van der Waals surface area contributed by atoms with Crippen molar-refractivity contribution in [3.8, 4) is 11.5 Å². The number of benzene rings is 1. The second-order valence-corrected chi connectivity index (χ2v) is 2.28. The van der Waals surface area contributed by atoms with Crippen molar-refractivity contribution in [3.63, 3.8) is 0 Å². The molecule has 0 saturated carbocycles. The van der Waals surface area contributed by atoms with Crippen LogP contribution in [0.4, 0.5) is 0 Å². The van der Waals surface area contributed by atoms with E-state index >= 15 is 0 Å². The number of aryl methyl sites for hydroxylation is 1. The first-order valence-electron chi connectivity index (χ1n) is 3.12. The lowest BCUT2D eigenvalue weighted by Crippen LogP contribution is -1.83. The van der Waals surface area contributed by atoms with E-state index in [0.717, 1.165) is 11.5 Å². The van der Waals surface area contributed by atoms with Gasteiger partial charge in [-0.3, -0.25) is 0 Å². The number of fused-ring (bicyclic) bond motifs is 1. The summed E-state index contributed by atoms with van der Waals surface area (Å²) in [5, 5.41) is 0. The number of hydrogen-bond donors (Lipinski definition) is 0. The molecule has 1 heterocycles. The molecule has 1 radical (unpaired) electrons. The van der Waals surface area contributed by atoms with Gasteiger partial charge in [0.2, 0.25) is 0 Å². The van der Waals surface area contributed by atoms with Gasteiger partial charge in [0.25, 0.3) is 0 Å². The Kier molecular flexibility index (Phi) is 1.07. The van der Waals surface area contributed by atoms with E-state index in [9.17, 15) is 0 Å². The van der Waals surface area contributed by atoms with E-state index in [4.69, 9.17) is 9.47 Å². The van der Waals surface area contributed by atoms with Crippen LogP contribution in [0.15, 0.2) is 18.2 Å². The molecule has 1 aromatic carbocycles. The molecule has 0 aromatic heterocycles. The molecular weight excluding hydrogens is 128 g/mol. The van der Waals surface area contributed by atoms with Crippen molar-refractivity contribution < 1.29 is 9.47 Å². The minimum Gasteiger partial charge on any atom is -0.444 e. The van der Waals surface area contributed by atoms with Crippen LogP contribution >= 0.6 is 0 Å². The molecule has 0 amide bonds. The maximum absolute atomic E-state index is 5.03. The van der Waals surface area contributed by atoms with Crippen LogP contribution in [0.5, 0.6) is 11.5 Å². The average Bonchev–Trinajstić information content (AvgIpc) is 2.33. The normalized spacial score (nSPS) is 13.7. The SMILES string of the molecule is Cc1ccc2c(c1)O[CH]O2. The Bertz CT molecular complexity index is 255. The van der Waals surface area contributed by atoms with Gasteiger partial charge in [-0.25, -0.2) is 0 Å². The molecule has 51 valence electrons. The van der Waals surface area contributed by atoms with Gasteiger partial charge in [-0.1, -0.05) is 6.07 Å². The van der Waals surface area contributed by atoms with Crippen LogP contribution in [0.2, 0.25) is 0 Å². The predicted molar refractivity (Wildman–Crippen MR) is 36.7 cm³/mol. The lowest BCUT2D eigenvalue weighted by atomic mass is 10.2. The lowest BCUT2D eigenvalue weighted by molar-refractivity contribution is 0.270. The van der Waals surface area contributed by atoms with Gasteiger partial charge in [0.1, 0.15) is 0 Å². The molecule has 2 nitrogen and oxygen atoms in total. The van der Waals surface area contributed by atoms with Crippen molar-refractivity contribution in [1.82, 2.24) is 0 Å². The van der Waals surface area contributed by atoms with E-state index in [2.05, 4.69) is 0 Å². The fourth-order valence-corrected chi connectivity index (χ4v) is 0.932. The molecule has 0 spiro atoms. The smallest absolute Gasteiger partial charge is 0.316 e. The Balaban J connectivity index is 2.52. The highest BCUT2D eigenvalue weighted by molar-refractivity contribution is 5.44. The summed E-state index contributed by atoms with van der Waals surface area (Å²) in [6, 6.07) is 5.83. The molecule has 1 aromatic rings. The van der Waals surface area contributed by atoms with Crippen molar-refractivity contribution in [1.29, 1.82) is 0 Å². The van der Waals surface area contributed by atoms with E-state index in [1.165, 1.54) is 12.4 Å². The molecule has 0 saturated heterocycles. The molecule has 2 rings (SSSR count). The standard InChI is InChI=1S/C8H7O2/c1-6-2-3-7-8(4-6)10-5-9-7/h2-5H,1H3. The van der Waals surface area contributed by atoms with Crippen LogP contribution in [0.25, 0.3) is 0 Å². The summed E-state index contributed by atoms with van der Waals surface area (Å²) < 4.78 is 10.0. The molecule has 0 fully saturated rings. The zero-order chi connectivity index (χ0) is 6.97. The van der Waals surface area contributed by atoms with Gasteiger partial charge in [-0.2, -0.15) is 0 Å². The Morgan fingerprint density at radius 3 is 2.80 bits per heavy atom. The van der Waals surface area contributed by atoms with E-state index in [1.54, 1.807) is 0 Å². The molecule has 1 aliphatic heterocycles. The minimum atomic E-state index is 0.797. The Labute approximate surface area is 59.4 Å². The van der Waals surface area contributed by atoms with E-state index in [-0.39, 0.29) is 0 Å². The summed E-state index contributed by atoms with van der Waals surface area (Å²) in [6.07, 6.45) is 0. The molecule has 1 aliphatic rings. The van der Waals surface area contributed by atoms with E-state index in [0.29, 0.717) is 0 Å². The van der Waals surface area contributed by atoms with Crippen LogP contribution in [0.3, 0.4) is 0 Å². The fraction of sp³-hybridized carbons (Fsp3) is 0.125. The van der Waals surface area contributed by atoms with Gasteiger partial charge in [-0.15, -0.1) is 0 Å².